The lowest BCUT2D eigenvalue weighted by atomic mass is 9.98. The number of hydrogen-bond donors (Lipinski definition) is 0. The predicted octanol–water partition coefficient (Wildman–Crippen LogP) is 5.15. The van der Waals surface area contributed by atoms with Crippen LogP contribution in [-0.2, 0) is 23.5 Å². The van der Waals surface area contributed by atoms with Crippen LogP contribution in [0.5, 0.6) is 0 Å². The second-order valence-electron chi connectivity index (χ2n) is 8.91. The zero-order valence-corrected chi connectivity index (χ0v) is 19.8. The van der Waals surface area contributed by atoms with E-state index < -0.39 is 19.9 Å². The van der Waals surface area contributed by atoms with E-state index in [0.717, 1.165) is 0 Å². The van der Waals surface area contributed by atoms with Crippen LogP contribution in [0.4, 0.5) is 0 Å². The lowest BCUT2D eigenvalue weighted by Crippen LogP contribution is -2.49. The molecule has 1 heterocycles. The summed E-state index contributed by atoms with van der Waals surface area (Å²) in [6.45, 7) is 20.7. The summed E-state index contributed by atoms with van der Waals surface area (Å²) in [4.78, 5) is 25.0. The SMILES string of the molecule is CCOC(=O)C1=C(C[C@@H](C)O[Si](C(C)C)(C(C)C)C(C)C)OC(C)(C)C1=O. The van der Waals surface area contributed by atoms with Crippen molar-refractivity contribution in [1.29, 1.82) is 0 Å². The Morgan fingerprint density at radius 1 is 1.04 bits per heavy atom. The zero-order chi connectivity index (χ0) is 21.2. The molecule has 0 aromatic carbocycles. The third-order valence-corrected chi connectivity index (χ3v) is 11.7. The number of carbonyl (C=O) groups is 2. The molecule has 0 unspecified atom stereocenters. The molecular weight excluding hydrogens is 360 g/mol. The zero-order valence-electron chi connectivity index (χ0n) is 18.8. The molecule has 0 N–H and O–H groups in total. The van der Waals surface area contributed by atoms with E-state index in [0.29, 0.717) is 28.8 Å². The first-order valence-corrected chi connectivity index (χ1v) is 12.3. The number of ether oxygens (including phenoxy) is 2. The second-order valence-corrected chi connectivity index (χ2v) is 14.3. The second kappa shape index (κ2) is 8.91. The molecule has 0 saturated carbocycles. The van der Waals surface area contributed by atoms with Gasteiger partial charge in [0.25, 0.3) is 0 Å². The quantitative estimate of drug-likeness (QED) is 0.305. The summed E-state index contributed by atoms with van der Waals surface area (Å²) in [6, 6.07) is 0. The van der Waals surface area contributed by atoms with E-state index in [4.69, 9.17) is 13.9 Å². The highest BCUT2D eigenvalue weighted by molar-refractivity contribution is 6.77. The van der Waals surface area contributed by atoms with Gasteiger partial charge in [-0.1, -0.05) is 41.5 Å². The maximum atomic E-state index is 12.6. The van der Waals surface area contributed by atoms with Crippen LogP contribution in [0, 0.1) is 0 Å². The Labute approximate surface area is 166 Å². The van der Waals surface area contributed by atoms with Crippen LogP contribution in [0.25, 0.3) is 0 Å². The summed E-state index contributed by atoms with van der Waals surface area (Å²) < 4.78 is 17.7. The molecule has 27 heavy (non-hydrogen) atoms. The fraction of sp³-hybridized carbons (Fsp3) is 0.810. The van der Waals surface area contributed by atoms with E-state index >= 15 is 0 Å². The molecule has 1 atom stereocenters. The molecule has 0 aromatic heterocycles. The van der Waals surface area contributed by atoms with Crippen molar-refractivity contribution in [3.63, 3.8) is 0 Å². The highest BCUT2D eigenvalue weighted by Gasteiger charge is 2.48. The fourth-order valence-electron chi connectivity index (χ4n) is 4.45. The van der Waals surface area contributed by atoms with Crippen molar-refractivity contribution in [1.82, 2.24) is 0 Å². The van der Waals surface area contributed by atoms with Crippen LogP contribution in [0.1, 0.15) is 75.7 Å². The van der Waals surface area contributed by atoms with Gasteiger partial charge in [-0.25, -0.2) is 4.79 Å². The largest absolute Gasteiger partial charge is 0.483 e. The summed E-state index contributed by atoms with van der Waals surface area (Å²) in [5, 5.41) is 0. The van der Waals surface area contributed by atoms with Crippen molar-refractivity contribution < 1.29 is 23.5 Å². The minimum absolute atomic E-state index is 0.0446. The average molecular weight is 399 g/mol. The summed E-state index contributed by atoms with van der Waals surface area (Å²) >= 11 is 0. The summed E-state index contributed by atoms with van der Waals surface area (Å²) in [5.74, 6) is -0.520. The van der Waals surface area contributed by atoms with E-state index in [1.807, 2.05) is 6.92 Å². The third-order valence-electron chi connectivity index (χ3n) is 5.50. The van der Waals surface area contributed by atoms with Crippen LogP contribution >= 0.6 is 0 Å². The van der Waals surface area contributed by atoms with Crippen LogP contribution < -0.4 is 0 Å². The van der Waals surface area contributed by atoms with Gasteiger partial charge in [-0.15, -0.1) is 0 Å². The highest BCUT2D eigenvalue weighted by atomic mass is 28.4. The van der Waals surface area contributed by atoms with Crippen molar-refractivity contribution in [3.05, 3.63) is 11.3 Å². The predicted molar refractivity (Wildman–Crippen MR) is 110 cm³/mol. The molecule has 156 valence electrons. The molecule has 0 radical (unpaired) electrons. The van der Waals surface area contributed by atoms with E-state index in [2.05, 4.69) is 41.5 Å². The molecule has 1 aliphatic rings. The van der Waals surface area contributed by atoms with Gasteiger partial charge in [-0.05, 0) is 44.3 Å². The Bertz CT molecular complexity index is 568. The van der Waals surface area contributed by atoms with Gasteiger partial charge in [0.1, 0.15) is 11.3 Å². The molecule has 0 aliphatic carbocycles. The number of carbonyl (C=O) groups excluding carboxylic acids is 2. The Hall–Kier alpha value is -1.14. The van der Waals surface area contributed by atoms with Crippen molar-refractivity contribution in [3.8, 4) is 0 Å². The molecule has 6 heteroatoms. The average Bonchev–Trinajstić information content (AvgIpc) is 2.73. The summed E-state index contributed by atoms with van der Waals surface area (Å²) in [7, 11) is -2.06. The van der Waals surface area contributed by atoms with Crippen molar-refractivity contribution in [2.24, 2.45) is 0 Å². The van der Waals surface area contributed by atoms with Crippen molar-refractivity contribution >= 4 is 20.1 Å². The maximum absolute atomic E-state index is 12.6. The van der Waals surface area contributed by atoms with Gasteiger partial charge in [0.2, 0.25) is 14.1 Å². The first kappa shape index (κ1) is 23.9. The fourth-order valence-corrected chi connectivity index (χ4v) is 10.0. The number of esters is 1. The van der Waals surface area contributed by atoms with Gasteiger partial charge >= 0.3 is 5.97 Å². The van der Waals surface area contributed by atoms with Gasteiger partial charge in [0.15, 0.2) is 5.60 Å². The molecule has 0 fully saturated rings. The Kier molecular flexibility index (Phi) is 7.88. The van der Waals surface area contributed by atoms with Gasteiger partial charge in [0, 0.05) is 12.5 Å². The Balaban J connectivity index is 3.15. The molecule has 0 bridgehead atoms. The molecule has 5 nitrogen and oxygen atoms in total. The number of ketones is 1. The highest BCUT2D eigenvalue weighted by Crippen LogP contribution is 2.44. The summed E-state index contributed by atoms with van der Waals surface area (Å²) in [6.07, 6.45) is 0.245. The van der Waals surface area contributed by atoms with E-state index in [1.54, 1.807) is 20.8 Å². The first-order chi connectivity index (χ1) is 12.3. The summed E-state index contributed by atoms with van der Waals surface area (Å²) in [5.41, 5.74) is 0.381. The molecule has 1 aliphatic heterocycles. The molecule has 0 aromatic rings. The standard InChI is InChI=1S/C21H38O5Si/c1-11-24-20(23)18-17(25-21(9,10)19(18)22)12-16(8)26-27(13(2)3,14(4)5)15(6)7/h13-16H,11-12H2,1-10H3/t16-/m1/s1. The molecular formula is C21H38O5Si. The van der Waals surface area contributed by atoms with Crippen LogP contribution in [0.3, 0.4) is 0 Å². The molecule has 0 amide bonds. The monoisotopic (exact) mass is 398 g/mol. The van der Waals surface area contributed by atoms with Gasteiger partial charge in [-0.2, -0.15) is 0 Å². The first-order valence-electron chi connectivity index (χ1n) is 10.1. The molecule has 0 saturated heterocycles. The molecule has 1 rings (SSSR count). The van der Waals surface area contributed by atoms with Crippen LogP contribution in [-0.4, -0.2) is 38.4 Å². The van der Waals surface area contributed by atoms with Gasteiger partial charge in [0.05, 0.1) is 6.61 Å². The van der Waals surface area contributed by atoms with Gasteiger partial charge in [-0.3, -0.25) is 4.79 Å². The number of rotatable bonds is 9. The van der Waals surface area contributed by atoms with E-state index in [-0.39, 0.29) is 24.1 Å². The van der Waals surface area contributed by atoms with Crippen molar-refractivity contribution in [2.45, 2.75) is 104 Å². The van der Waals surface area contributed by atoms with E-state index in [1.165, 1.54) is 0 Å². The number of Topliss-reactive ketones (excluding diaryl/α,β-unsaturated/α-hetero) is 1. The smallest absolute Gasteiger partial charge is 0.345 e. The van der Waals surface area contributed by atoms with Gasteiger partial charge < -0.3 is 13.9 Å². The van der Waals surface area contributed by atoms with Crippen LogP contribution in [0.2, 0.25) is 16.6 Å². The minimum atomic E-state index is -2.06. The topological polar surface area (TPSA) is 61.8 Å². The third kappa shape index (κ3) is 4.83. The van der Waals surface area contributed by atoms with E-state index in [9.17, 15) is 9.59 Å². The maximum Gasteiger partial charge on any atom is 0.345 e. The Morgan fingerprint density at radius 2 is 1.52 bits per heavy atom. The molecule has 0 spiro atoms. The number of hydrogen-bond acceptors (Lipinski definition) is 5. The van der Waals surface area contributed by atoms with Crippen molar-refractivity contribution in [2.75, 3.05) is 6.61 Å². The lowest BCUT2D eigenvalue weighted by molar-refractivity contribution is -0.140. The normalized spacial score (nSPS) is 18.5. The minimum Gasteiger partial charge on any atom is -0.483 e. The van der Waals surface area contributed by atoms with Crippen LogP contribution in [0.15, 0.2) is 11.3 Å². The Morgan fingerprint density at radius 3 is 1.93 bits per heavy atom. The lowest BCUT2D eigenvalue weighted by Gasteiger charge is -2.44.